The normalized spacial score (nSPS) is 17.9. The van der Waals surface area contributed by atoms with Crippen molar-refractivity contribution >= 4 is 23.4 Å². The number of nitrogens with one attached hydrogen (secondary N) is 1. The van der Waals surface area contributed by atoms with Crippen LogP contribution in [0.1, 0.15) is 35.8 Å². The van der Waals surface area contributed by atoms with Gasteiger partial charge in [-0.3, -0.25) is 0 Å². The summed E-state index contributed by atoms with van der Waals surface area (Å²) in [5.74, 6) is 3.18. The molecule has 0 bridgehead atoms. The first-order valence-electron chi connectivity index (χ1n) is 11.8. The first kappa shape index (κ1) is 22.5. The molecule has 0 saturated heterocycles. The van der Waals surface area contributed by atoms with Crippen LogP contribution in [0.5, 0.6) is 17.2 Å². The molecule has 0 aliphatic carbocycles. The van der Waals surface area contributed by atoms with Gasteiger partial charge in [-0.25, -0.2) is 4.68 Å². The van der Waals surface area contributed by atoms with Crippen molar-refractivity contribution in [3.05, 3.63) is 95.1 Å². The van der Waals surface area contributed by atoms with Crippen LogP contribution in [0.25, 0.3) is 5.70 Å². The minimum atomic E-state index is -0.333. The third-order valence-electron chi connectivity index (χ3n) is 6.47. The van der Waals surface area contributed by atoms with Crippen molar-refractivity contribution in [1.29, 1.82) is 0 Å². The zero-order chi connectivity index (χ0) is 24.6. The fourth-order valence-corrected chi connectivity index (χ4v) is 5.18. The van der Waals surface area contributed by atoms with Gasteiger partial charge in [-0.1, -0.05) is 48.2 Å². The first-order valence-corrected chi connectivity index (χ1v) is 13.1. The highest BCUT2D eigenvalue weighted by atomic mass is 32.2. The van der Waals surface area contributed by atoms with Gasteiger partial charge in [0, 0.05) is 11.1 Å². The van der Waals surface area contributed by atoms with Crippen LogP contribution in [0, 0.1) is 0 Å². The van der Waals surface area contributed by atoms with Crippen LogP contribution >= 0.6 is 11.8 Å². The molecule has 0 unspecified atom stereocenters. The number of aromatic nitrogens is 3. The van der Waals surface area contributed by atoms with Gasteiger partial charge >= 0.3 is 0 Å². The molecule has 182 valence electrons. The van der Waals surface area contributed by atoms with Crippen molar-refractivity contribution in [3.8, 4) is 17.2 Å². The highest BCUT2D eigenvalue weighted by Crippen LogP contribution is 2.51. The van der Waals surface area contributed by atoms with Gasteiger partial charge in [-0.05, 0) is 60.7 Å². The number of para-hydroxylation sites is 1. The number of ether oxygens (including phenoxy) is 3. The smallest absolute Gasteiger partial charge is 0.227 e. The van der Waals surface area contributed by atoms with Crippen molar-refractivity contribution in [2.24, 2.45) is 0 Å². The van der Waals surface area contributed by atoms with E-state index in [4.69, 9.17) is 24.3 Å². The number of benzene rings is 3. The van der Waals surface area contributed by atoms with Crippen LogP contribution in [0.3, 0.4) is 0 Å². The van der Waals surface area contributed by atoms with Crippen LogP contribution in [0.2, 0.25) is 0 Å². The molecule has 0 radical (unpaired) electrons. The van der Waals surface area contributed by atoms with E-state index in [9.17, 15) is 0 Å². The Morgan fingerprint density at radius 3 is 2.42 bits per heavy atom. The summed E-state index contributed by atoms with van der Waals surface area (Å²) in [6, 6.07) is 24.2. The number of fused-ring (bicyclic) bond motifs is 3. The van der Waals surface area contributed by atoms with E-state index in [-0.39, 0.29) is 12.1 Å². The average molecular weight is 499 g/mol. The Labute approximate surface area is 214 Å². The summed E-state index contributed by atoms with van der Waals surface area (Å²) in [7, 11) is 1.67. The lowest BCUT2D eigenvalue weighted by Gasteiger charge is -2.39. The molecule has 1 N–H and O–H groups in total. The van der Waals surface area contributed by atoms with Crippen LogP contribution in [-0.4, -0.2) is 34.7 Å². The molecule has 3 heterocycles. The number of nitrogens with zero attached hydrogens (tertiary/aromatic N) is 3. The van der Waals surface area contributed by atoms with Gasteiger partial charge in [0.1, 0.15) is 29.4 Å². The van der Waals surface area contributed by atoms with E-state index in [2.05, 4.69) is 35.6 Å². The van der Waals surface area contributed by atoms with Gasteiger partial charge < -0.3 is 19.5 Å². The second-order valence-electron chi connectivity index (χ2n) is 8.49. The van der Waals surface area contributed by atoms with Crippen molar-refractivity contribution < 1.29 is 14.2 Å². The van der Waals surface area contributed by atoms with E-state index >= 15 is 0 Å². The zero-order valence-electron chi connectivity index (χ0n) is 20.3. The molecular formula is C28H26N4O3S. The standard InChI is InChI=1S/C28H26N4O3S/c1-4-34-20-15-11-18(12-16-20)26-23-24(21-7-5-6-8-22(21)35-26)29-27-30-28(36-3)31-32(27)25(23)17-9-13-19(33-2)14-10-17/h5-16,25-26H,4H2,1-3H3,(H,29,30,31)/t25-,26-/m1/s1. The minimum Gasteiger partial charge on any atom is -0.497 e. The number of thioether (sulfide) groups is 1. The molecule has 2 atom stereocenters. The zero-order valence-corrected chi connectivity index (χ0v) is 21.1. The van der Waals surface area contributed by atoms with Crippen LogP contribution in [0.15, 0.2) is 83.5 Å². The quantitative estimate of drug-likeness (QED) is 0.329. The van der Waals surface area contributed by atoms with E-state index in [1.807, 2.05) is 60.3 Å². The first-order chi connectivity index (χ1) is 17.7. The summed E-state index contributed by atoms with van der Waals surface area (Å²) < 4.78 is 19.8. The number of rotatable bonds is 6. The molecule has 36 heavy (non-hydrogen) atoms. The lowest BCUT2D eigenvalue weighted by atomic mass is 9.84. The molecule has 3 aromatic carbocycles. The highest BCUT2D eigenvalue weighted by Gasteiger charge is 2.41. The lowest BCUT2D eigenvalue weighted by molar-refractivity contribution is 0.222. The molecule has 0 amide bonds. The second-order valence-corrected chi connectivity index (χ2v) is 9.27. The Kier molecular flexibility index (Phi) is 5.81. The molecule has 0 spiro atoms. The summed E-state index contributed by atoms with van der Waals surface area (Å²) >= 11 is 1.52. The highest BCUT2D eigenvalue weighted by molar-refractivity contribution is 7.98. The van der Waals surface area contributed by atoms with E-state index in [0.29, 0.717) is 17.7 Å². The summed E-state index contributed by atoms with van der Waals surface area (Å²) in [5.41, 5.74) is 5.20. The molecule has 0 fully saturated rings. The number of anilines is 1. The summed E-state index contributed by atoms with van der Waals surface area (Å²) in [5, 5.41) is 9.15. The van der Waals surface area contributed by atoms with Gasteiger partial charge in [0.2, 0.25) is 11.1 Å². The Hall–Kier alpha value is -3.91. The molecule has 1 aromatic heterocycles. The Bertz CT molecular complexity index is 1430. The summed E-state index contributed by atoms with van der Waals surface area (Å²) in [6.07, 6.45) is 1.65. The van der Waals surface area contributed by atoms with Gasteiger partial charge in [-0.15, -0.1) is 5.10 Å². The third kappa shape index (κ3) is 3.78. The van der Waals surface area contributed by atoms with E-state index in [0.717, 1.165) is 45.2 Å². The van der Waals surface area contributed by atoms with Crippen LogP contribution in [-0.2, 0) is 0 Å². The average Bonchev–Trinajstić information content (AvgIpc) is 3.35. The fourth-order valence-electron chi connectivity index (χ4n) is 4.83. The van der Waals surface area contributed by atoms with Crippen LogP contribution < -0.4 is 19.5 Å². The van der Waals surface area contributed by atoms with E-state index < -0.39 is 0 Å². The largest absolute Gasteiger partial charge is 0.497 e. The number of hydrogen-bond acceptors (Lipinski definition) is 7. The molecule has 8 heteroatoms. The van der Waals surface area contributed by atoms with Crippen molar-refractivity contribution in [2.45, 2.75) is 24.2 Å². The Morgan fingerprint density at radius 2 is 1.69 bits per heavy atom. The molecule has 7 nitrogen and oxygen atoms in total. The summed E-state index contributed by atoms with van der Waals surface area (Å²) in [4.78, 5) is 4.76. The molecular weight excluding hydrogens is 472 g/mol. The predicted molar refractivity (Wildman–Crippen MR) is 141 cm³/mol. The predicted octanol–water partition coefficient (Wildman–Crippen LogP) is 5.97. The van der Waals surface area contributed by atoms with Crippen LogP contribution in [0.4, 0.5) is 5.95 Å². The second kappa shape index (κ2) is 9.28. The third-order valence-corrected chi connectivity index (χ3v) is 7.01. The maximum absolute atomic E-state index is 6.70. The van der Waals surface area contributed by atoms with Crippen molar-refractivity contribution in [1.82, 2.24) is 14.8 Å². The van der Waals surface area contributed by atoms with Gasteiger partial charge in [-0.2, -0.15) is 4.98 Å². The molecule has 6 rings (SSSR count). The number of methoxy groups -OCH3 is 1. The molecule has 0 saturated carbocycles. The minimum absolute atomic E-state index is 0.222. The van der Waals surface area contributed by atoms with Crippen molar-refractivity contribution in [2.75, 3.05) is 25.3 Å². The lowest BCUT2D eigenvalue weighted by Crippen LogP contribution is -2.32. The Balaban J connectivity index is 1.56. The Morgan fingerprint density at radius 1 is 0.972 bits per heavy atom. The van der Waals surface area contributed by atoms with E-state index in [1.165, 1.54) is 11.8 Å². The van der Waals surface area contributed by atoms with Gasteiger partial charge in [0.25, 0.3) is 0 Å². The maximum Gasteiger partial charge on any atom is 0.227 e. The molecule has 2 aliphatic heterocycles. The molecule has 2 aliphatic rings. The summed E-state index contributed by atoms with van der Waals surface area (Å²) in [6.45, 7) is 2.61. The van der Waals surface area contributed by atoms with E-state index in [1.54, 1.807) is 7.11 Å². The van der Waals surface area contributed by atoms with Crippen molar-refractivity contribution in [3.63, 3.8) is 0 Å². The van der Waals surface area contributed by atoms with Gasteiger partial charge in [0.15, 0.2) is 0 Å². The topological polar surface area (TPSA) is 70.4 Å². The fraction of sp³-hybridized carbons (Fsp3) is 0.214. The maximum atomic E-state index is 6.70. The van der Waals surface area contributed by atoms with Gasteiger partial charge in [0.05, 0.1) is 19.4 Å². The SMILES string of the molecule is CCOc1ccc([C@H]2Oc3ccccc3C3=C2[C@@H](c2ccc(OC)cc2)n2nc(SC)nc2N3)cc1. The monoisotopic (exact) mass is 498 g/mol. The number of hydrogen-bond donors (Lipinski definition) is 1. The molecule has 4 aromatic rings.